The summed E-state index contributed by atoms with van der Waals surface area (Å²) in [6.07, 6.45) is 7.72. The molecule has 1 aliphatic rings. The van der Waals surface area contributed by atoms with E-state index in [9.17, 15) is 4.79 Å². The Morgan fingerprint density at radius 1 is 1.44 bits per heavy atom. The molecule has 0 aromatic heterocycles. The molecule has 0 aromatic rings. The number of rotatable bonds is 4. The Morgan fingerprint density at radius 2 is 2.19 bits per heavy atom. The van der Waals surface area contributed by atoms with Crippen LogP contribution in [0.15, 0.2) is 12.2 Å². The number of hydrogen-bond acceptors (Lipinski definition) is 3. The van der Waals surface area contributed by atoms with Crippen molar-refractivity contribution in [3.63, 3.8) is 0 Å². The van der Waals surface area contributed by atoms with Crippen LogP contribution in [-0.4, -0.2) is 23.1 Å². The SMILES string of the molecule is CC(C)(C)SCC(=O)OCC1CC=CCC1. The van der Waals surface area contributed by atoms with Crippen LogP contribution in [0.2, 0.25) is 0 Å². The maximum Gasteiger partial charge on any atom is 0.315 e. The lowest BCUT2D eigenvalue weighted by atomic mass is 9.95. The van der Waals surface area contributed by atoms with Crippen LogP contribution in [-0.2, 0) is 9.53 Å². The van der Waals surface area contributed by atoms with Crippen molar-refractivity contribution in [2.24, 2.45) is 5.92 Å². The summed E-state index contributed by atoms with van der Waals surface area (Å²) in [6.45, 7) is 6.92. The minimum absolute atomic E-state index is 0.0746. The van der Waals surface area contributed by atoms with Crippen molar-refractivity contribution in [3.8, 4) is 0 Å². The van der Waals surface area contributed by atoms with Crippen LogP contribution in [0, 0.1) is 5.92 Å². The van der Waals surface area contributed by atoms with Crippen LogP contribution in [0.3, 0.4) is 0 Å². The van der Waals surface area contributed by atoms with Crippen LogP contribution < -0.4 is 0 Å². The monoisotopic (exact) mass is 242 g/mol. The highest BCUT2D eigenvalue weighted by Crippen LogP contribution is 2.23. The molecule has 92 valence electrons. The van der Waals surface area contributed by atoms with E-state index >= 15 is 0 Å². The Hall–Kier alpha value is -0.440. The van der Waals surface area contributed by atoms with Gasteiger partial charge in [-0.05, 0) is 25.2 Å². The van der Waals surface area contributed by atoms with Crippen LogP contribution in [0.5, 0.6) is 0 Å². The molecule has 0 amide bonds. The summed E-state index contributed by atoms with van der Waals surface area (Å²) in [5, 5.41) is 0. The van der Waals surface area contributed by atoms with E-state index in [1.165, 1.54) is 0 Å². The predicted octanol–water partition coefficient (Wildman–Crippen LogP) is 3.42. The second-order valence-corrected chi connectivity index (χ2v) is 7.04. The van der Waals surface area contributed by atoms with Gasteiger partial charge in [-0.3, -0.25) is 4.79 Å². The number of carbonyl (C=O) groups excluding carboxylic acids is 1. The van der Waals surface area contributed by atoms with Gasteiger partial charge in [0, 0.05) is 4.75 Å². The van der Waals surface area contributed by atoms with Crippen molar-refractivity contribution in [1.29, 1.82) is 0 Å². The summed E-state index contributed by atoms with van der Waals surface area (Å²) in [7, 11) is 0. The first kappa shape index (κ1) is 13.6. The van der Waals surface area contributed by atoms with Gasteiger partial charge in [-0.2, -0.15) is 0 Å². The lowest BCUT2D eigenvalue weighted by Gasteiger charge is -2.19. The van der Waals surface area contributed by atoms with Crippen molar-refractivity contribution in [2.45, 2.75) is 44.8 Å². The molecule has 1 unspecified atom stereocenters. The second-order valence-electron chi connectivity index (χ2n) is 5.23. The summed E-state index contributed by atoms with van der Waals surface area (Å²) in [5.41, 5.74) is 0. The molecule has 0 saturated heterocycles. The predicted molar refractivity (Wildman–Crippen MR) is 69.7 cm³/mol. The van der Waals surface area contributed by atoms with Crippen molar-refractivity contribution in [1.82, 2.24) is 0 Å². The largest absolute Gasteiger partial charge is 0.465 e. The maximum absolute atomic E-state index is 11.5. The van der Waals surface area contributed by atoms with E-state index in [2.05, 4.69) is 32.9 Å². The smallest absolute Gasteiger partial charge is 0.315 e. The average Bonchev–Trinajstić information content (AvgIpc) is 2.24. The molecule has 0 aromatic carbocycles. The van der Waals surface area contributed by atoms with E-state index < -0.39 is 0 Å². The van der Waals surface area contributed by atoms with E-state index in [1.807, 2.05) is 0 Å². The minimum atomic E-state index is -0.0746. The highest BCUT2D eigenvalue weighted by molar-refractivity contribution is 8.01. The number of carbonyl (C=O) groups is 1. The van der Waals surface area contributed by atoms with Gasteiger partial charge >= 0.3 is 5.97 Å². The van der Waals surface area contributed by atoms with E-state index in [4.69, 9.17) is 4.74 Å². The van der Waals surface area contributed by atoms with Gasteiger partial charge in [0.05, 0.1) is 12.4 Å². The molecular weight excluding hydrogens is 220 g/mol. The number of ether oxygens (including phenoxy) is 1. The van der Waals surface area contributed by atoms with Gasteiger partial charge in [0.2, 0.25) is 0 Å². The molecule has 16 heavy (non-hydrogen) atoms. The highest BCUT2D eigenvalue weighted by Gasteiger charge is 2.16. The highest BCUT2D eigenvalue weighted by atomic mass is 32.2. The van der Waals surface area contributed by atoms with Crippen molar-refractivity contribution < 1.29 is 9.53 Å². The number of esters is 1. The zero-order chi connectivity index (χ0) is 12.0. The van der Waals surface area contributed by atoms with Crippen LogP contribution in [0.25, 0.3) is 0 Å². The van der Waals surface area contributed by atoms with Gasteiger partial charge in [-0.1, -0.05) is 32.9 Å². The molecule has 3 heteroatoms. The van der Waals surface area contributed by atoms with Crippen LogP contribution in [0.1, 0.15) is 40.0 Å². The van der Waals surface area contributed by atoms with Crippen LogP contribution >= 0.6 is 11.8 Å². The lowest BCUT2D eigenvalue weighted by molar-refractivity contribution is -0.141. The van der Waals surface area contributed by atoms with E-state index in [0.29, 0.717) is 18.3 Å². The standard InChI is InChI=1S/C13H22O2S/c1-13(2,3)16-10-12(14)15-9-11-7-5-4-6-8-11/h4-5,11H,6-10H2,1-3H3. The Bertz CT molecular complexity index is 253. The number of thioether (sulfide) groups is 1. The minimum Gasteiger partial charge on any atom is -0.465 e. The number of hydrogen-bond donors (Lipinski definition) is 0. The van der Waals surface area contributed by atoms with Gasteiger partial charge in [-0.15, -0.1) is 11.8 Å². The quantitative estimate of drug-likeness (QED) is 0.558. The Kier molecular flexibility index (Phi) is 5.39. The Morgan fingerprint density at radius 3 is 2.75 bits per heavy atom. The molecule has 0 radical (unpaired) electrons. The van der Waals surface area contributed by atoms with E-state index in [1.54, 1.807) is 11.8 Å². The molecule has 0 fully saturated rings. The molecule has 1 atom stereocenters. The third kappa shape index (κ3) is 6.21. The van der Waals surface area contributed by atoms with Gasteiger partial charge in [0.1, 0.15) is 0 Å². The first-order chi connectivity index (χ1) is 7.47. The third-order valence-electron chi connectivity index (χ3n) is 2.48. The number of allylic oxidation sites excluding steroid dienone is 2. The molecule has 0 saturated carbocycles. The van der Waals surface area contributed by atoms with Gasteiger partial charge < -0.3 is 4.74 Å². The summed E-state index contributed by atoms with van der Waals surface area (Å²) in [6, 6.07) is 0. The molecule has 0 spiro atoms. The van der Waals surface area contributed by atoms with Crippen molar-refractivity contribution >= 4 is 17.7 Å². The summed E-state index contributed by atoms with van der Waals surface area (Å²) >= 11 is 1.64. The molecule has 1 aliphatic carbocycles. The first-order valence-corrected chi connectivity index (χ1v) is 6.90. The normalized spacial score (nSPS) is 20.8. The average molecular weight is 242 g/mol. The first-order valence-electron chi connectivity index (χ1n) is 5.92. The molecule has 0 bridgehead atoms. The second kappa shape index (κ2) is 6.33. The molecule has 1 rings (SSSR count). The fourth-order valence-corrected chi connectivity index (χ4v) is 2.17. The molecule has 0 heterocycles. The van der Waals surface area contributed by atoms with E-state index in [-0.39, 0.29) is 10.7 Å². The molecule has 2 nitrogen and oxygen atoms in total. The molecule has 0 aliphatic heterocycles. The summed E-state index contributed by atoms with van der Waals surface area (Å²) in [5.74, 6) is 0.926. The van der Waals surface area contributed by atoms with Crippen LogP contribution in [0.4, 0.5) is 0 Å². The van der Waals surface area contributed by atoms with E-state index in [0.717, 1.165) is 19.3 Å². The van der Waals surface area contributed by atoms with Gasteiger partial charge in [-0.25, -0.2) is 0 Å². The zero-order valence-corrected chi connectivity index (χ0v) is 11.3. The van der Waals surface area contributed by atoms with Crippen molar-refractivity contribution in [3.05, 3.63) is 12.2 Å². The third-order valence-corrected chi connectivity index (χ3v) is 3.73. The van der Waals surface area contributed by atoms with Gasteiger partial charge in [0.25, 0.3) is 0 Å². The fourth-order valence-electron chi connectivity index (χ4n) is 1.54. The maximum atomic E-state index is 11.5. The fraction of sp³-hybridized carbons (Fsp3) is 0.769. The summed E-state index contributed by atoms with van der Waals surface area (Å²) in [4.78, 5) is 11.5. The van der Waals surface area contributed by atoms with Gasteiger partial charge in [0.15, 0.2) is 0 Å². The lowest BCUT2D eigenvalue weighted by Crippen LogP contribution is -2.19. The summed E-state index contributed by atoms with van der Waals surface area (Å²) < 4.78 is 5.41. The Balaban J connectivity index is 2.12. The molecule has 0 N–H and O–H groups in total. The Labute approximate surface area is 103 Å². The topological polar surface area (TPSA) is 26.3 Å². The zero-order valence-electron chi connectivity index (χ0n) is 10.5. The van der Waals surface area contributed by atoms with Crippen molar-refractivity contribution in [2.75, 3.05) is 12.4 Å². The molecular formula is C13H22O2S.